The number of nitrogen functional groups attached to an aromatic ring is 1. The summed E-state index contributed by atoms with van der Waals surface area (Å²) in [6.07, 6.45) is 4.54. The maximum absolute atomic E-state index is 5.93. The highest BCUT2D eigenvalue weighted by Crippen LogP contribution is 2.20. The lowest BCUT2D eigenvalue weighted by atomic mass is 10.2. The largest absolute Gasteiger partial charge is 0.394 e. The van der Waals surface area contributed by atoms with E-state index in [0.29, 0.717) is 0 Å². The van der Waals surface area contributed by atoms with E-state index in [2.05, 4.69) is 15.4 Å². The van der Waals surface area contributed by atoms with Crippen molar-refractivity contribution in [2.45, 2.75) is 13.3 Å². The van der Waals surface area contributed by atoms with E-state index in [4.69, 9.17) is 5.73 Å². The Labute approximate surface area is 101 Å². The Balaban J connectivity index is 1.95. The SMILES string of the molecule is Cc1nn(C)c(NCCc2ccncc2)c1N. The second kappa shape index (κ2) is 4.86. The van der Waals surface area contributed by atoms with E-state index in [1.54, 1.807) is 17.1 Å². The van der Waals surface area contributed by atoms with Gasteiger partial charge in [0.2, 0.25) is 0 Å². The van der Waals surface area contributed by atoms with Crippen molar-refractivity contribution in [1.82, 2.24) is 14.8 Å². The first-order valence-corrected chi connectivity index (χ1v) is 5.60. The van der Waals surface area contributed by atoms with Gasteiger partial charge in [-0.25, -0.2) is 0 Å². The number of aromatic nitrogens is 3. The van der Waals surface area contributed by atoms with Crippen LogP contribution in [0.15, 0.2) is 24.5 Å². The summed E-state index contributed by atoms with van der Waals surface area (Å²) in [7, 11) is 1.89. The van der Waals surface area contributed by atoms with E-state index in [9.17, 15) is 0 Å². The highest BCUT2D eigenvalue weighted by atomic mass is 15.3. The molecule has 17 heavy (non-hydrogen) atoms. The van der Waals surface area contributed by atoms with Gasteiger partial charge in [0.1, 0.15) is 5.82 Å². The summed E-state index contributed by atoms with van der Waals surface area (Å²) >= 11 is 0. The topological polar surface area (TPSA) is 68.8 Å². The summed E-state index contributed by atoms with van der Waals surface area (Å²) in [5, 5.41) is 7.56. The third-order valence-electron chi connectivity index (χ3n) is 2.72. The van der Waals surface area contributed by atoms with Crippen LogP contribution in [0.5, 0.6) is 0 Å². The second-order valence-corrected chi connectivity index (χ2v) is 4.00. The lowest BCUT2D eigenvalue weighted by Gasteiger charge is -2.07. The molecule has 0 atom stereocenters. The minimum atomic E-state index is 0.724. The fourth-order valence-corrected chi connectivity index (χ4v) is 1.76. The molecule has 2 rings (SSSR count). The molecule has 0 saturated heterocycles. The smallest absolute Gasteiger partial charge is 0.147 e. The molecule has 0 aromatic carbocycles. The molecule has 0 aliphatic carbocycles. The first-order chi connectivity index (χ1) is 8.18. The van der Waals surface area contributed by atoms with Gasteiger partial charge in [-0.1, -0.05) is 0 Å². The monoisotopic (exact) mass is 231 g/mol. The van der Waals surface area contributed by atoms with Crippen LogP contribution < -0.4 is 11.1 Å². The molecule has 0 unspecified atom stereocenters. The zero-order chi connectivity index (χ0) is 12.3. The van der Waals surface area contributed by atoms with Crippen LogP contribution in [-0.4, -0.2) is 21.3 Å². The summed E-state index contributed by atoms with van der Waals surface area (Å²) in [5.74, 6) is 0.886. The molecular weight excluding hydrogens is 214 g/mol. The minimum Gasteiger partial charge on any atom is -0.394 e. The van der Waals surface area contributed by atoms with Gasteiger partial charge in [0.25, 0.3) is 0 Å². The van der Waals surface area contributed by atoms with Crippen LogP contribution in [0.3, 0.4) is 0 Å². The van der Waals surface area contributed by atoms with Crippen molar-refractivity contribution in [1.29, 1.82) is 0 Å². The predicted molar refractivity (Wildman–Crippen MR) is 68.8 cm³/mol. The van der Waals surface area contributed by atoms with E-state index >= 15 is 0 Å². The molecule has 2 aromatic rings. The van der Waals surface area contributed by atoms with Crippen LogP contribution in [-0.2, 0) is 13.5 Å². The molecule has 0 bridgehead atoms. The van der Waals surface area contributed by atoms with Crippen molar-refractivity contribution in [3.05, 3.63) is 35.8 Å². The van der Waals surface area contributed by atoms with Gasteiger partial charge in [0.15, 0.2) is 0 Å². The molecule has 3 N–H and O–H groups in total. The summed E-state index contributed by atoms with van der Waals surface area (Å²) in [5.41, 5.74) is 8.77. The summed E-state index contributed by atoms with van der Waals surface area (Å²) in [6, 6.07) is 4.03. The van der Waals surface area contributed by atoms with Gasteiger partial charge in [-0.3, -0.25) is 9.67 Å². The Hall–Kier alpha value is -2.04. The predicted octanol–water partition coefficient (Wildman–Crippen LogP) is 1.36. The van der Waals surface area contributed by atoms with Crippen LogP contribution in [0.4, 0.5) is 11.5 Å². The summed E-state index contributed by atoms with van der Waals surface area (Å²) in [6.45, 7) is 2.73. The van der Waals surface area contributed by atoms with E-state index in [1.807, 2.05) is 26.1 Å². The van der Waals surface area contributed by atoms with Gasteiger partial charge in [0, 0.05) is 26.0 Å². The number of hydrogen-bond donors (Lipinski definition) is 2. The van der Waals surface area contributed by atoms with E-state index in [-0.39, 0.29) is 0 Å². The number of nitrogens with zero attached hydrogens (tertiary/aromatic N) is 3. The Morgan fingerprint density at radius 1 is 1.35 bits per heavy atom. The zero-order valence-corrected chi connectivity index (χ0v) is 10.1. The number of pyridine rings is 1. The van der Waals surface area contributed by atoms with Crippen LogP contribution in [0.25, 0.3) is 0 Å². The molecule has 5 heteroatoms. The number of aryl methyl sites for hydroxylation is 2. The van der Waals surface area contributed by atoms with Crippen LogP contribution in [0.2, 0.25) is 0 Å². The van der Waals surface area contributed by atoms with Crippen molar-refractivity contribution >= 4 is 11.5 Å². The molecule has 2 aromatic heterocycles. The Morgan fingerprint density at radius 2 is 2.06 bits per heavy atom. The molecule has 0 aliphatic rings. The van der Waals surface area contributed by atoms with Crippen molar-refractivity contribution in [3.63, 3.8) is 0 Å². The molecule has 0 aliphatic heterocycles. The second-order valence-electron chi connectivity index (χ2n) is 4.00. The van der Waals surface area contributed by atoms with Gasteiger partial charge in [0.05, 0.1) is 11.4 Å². The standard InChI is InChI=1S/C12H17N5/c1-9-11(13)12(17(2)16-9)15-8-5-10-3-6-14-7-4-10/h3-4,6-7,15H,5,8,13H2,1-2H3. The minimum absolute atomic E-state index is 0.724. The molecule has 0 spiro atoms. The fourth-order valence-electron chi connectivity index (χ4n) is 1.76. The number of rotatable bonds is 4. The highest BCUT2D eigenvalue weighted by molar-refractivity contribution is 5.64. The first-order valence-electron chi connectivity index (χ1n) is 5.60. The molecule has 2 heterocycles. The molecule has 90 valence electrons. The van der Waals surface area contributed by atoms with Gasteiger partial charge in [-0.05, 0) is 31.0 Å². The Morgan fingerprint density at radius 3 is 2.65 bits per heavy atom. The Kier molecular flexibility index (Phi) is 3.27. The van der Waals surface area contributed by atoms with Crippen LogP contribution in [0.1, 0.15) is 11.3 Å². The molecular formula is C12H17N5. The highest BCUT2D eigenvalue weighted by Gasteiger charge is 2.08. The van der Waals surface area contributed by atoms with E-state index in [1.165, 1.54) is 5.56 Å². The summed E-state index contributed by atoms with van der Waals surface area (Å²) < 4.78 is 1.78. The van der Waals surface area contributed by atoms with Gasteiger partial charge >= 0.3 is 0 Å². The lowest BCUT2D eigenvalue weighted by Crippen LogP contribution is -2.10. The van der Waals surface area contributed by atoms with Crippen molar-refractivity contribution in [2.75, 3.05) is 17.6 Å². The van der Waals surface area contributed by atoms with Gasteiger partial charge in [-0.2, -0.15) is 5.10 Å². The van der Waals surface area contributed by atoms with Crippen molar-refractivity contribution < 1.29 is 0 Å². The molecule has 0 amide bonds. The number of nitrogens with two attached hydrogens (primary N) is 1. The van der Waals surface area contributed by atoms with Crippen molar-refractivity contribution in [3.8, 4) is 0 Å². The van der Waals surface area contributed by atoms with Crippen LogP contribution >= 0.6 is 0 Å². The van der Waals surface area contributed by atoms with Crippen molar-refractivity contribution in [2.24, 2.45) is 7.05 Å². The third kappa shape index (κ3) is 2.55. The average Bonchev–Trinajstić information content (AvgIpc) is 2.57. The molecule has 0 radical (unpaired) electrons. The van der Waals surface area contributed by atoms with E-state index < -0.39 is 0 Å². The molecule has 0 fully saturated rings. The Bertz CT molecular complexity index is 489. The first kappa shape index (κ1) is 11.4. The lowest BCUT2D eigenvalue weighted by molar-refractivity contribution is 0.757. The number of hydrogen-bond acceptors (Lipinski definition) is 4. The van der Waals surface area contributed by atoms with Gasteiger partial charge < -0.3 is 11.1 Å². The fraction of sp³-hybridized carbons (Fsp3) is 0.333. The van der Waals surface area contributed by atoms with Gasteiger partial charge in [-0.15, -0.1) is 0 Å². The number of nitrogens with one attached hydrogen (secondary N) is 1. The average molecular weight is 231 g/mol. The third-order valence-corrected chi connectivity index (χ3v) is 2.72. The zero-order valence-electron chi connectivity index (χ0n) is 10.1. The summed E-state index contributed by atoms with van der Waals surface area (Å²) in [4.78, 5) is 3.99. The maximum Gasteiger partial charge on any atom is 0.147 e. The quantitative estimate of drug-likeness (QED) is 0.833. The van der Waals surface area contributed by atoms with Crippen LogP contribution in [0, 0.1) is 6.92 Å². The molecule has 5 nitrogen and oxygen atoms in total. The maximum atomic E-state index is 5.93. The van der Waals surface area contributed by atoms with E-state index in [0.717, 1.165) is 30.2 Å². The normalized spacial score (nSPS) is 10.5. The molecule has 0 saturated carbocycles. The number of anilines is 2.